The molecule has 0 radical (unpaired) electrons. The molecule has 1 heterocycles. The van der Waals surface area contributed by atoms with E-state index < -0.39 is 0 Å². The Morgan fingerprint density at radius 1 is 1.19 bits per heavy atom. The zero-order valence-corrected chi connectivity index (χ0v) is 22.0. The number of likely N-dealkylation sites (N-methyl/N-ethyl adjacent to an activating group) is 1. The molecular weight excluding hydrogens is 456 g/mol. The Morgan fingerprint density at radius 3 is 2.58 bits per heavy atom. The molecule has 0 aliphatic carbocycles. The highest BCUT2D eigenvalue weighted by atomic mass is 16.5. The minimum atomic E-state index is -0.303. The van der Waals surface area contributed by atoms with Gasteiger partial charge in [0.2, 0.25) is 5.91 Å². The molecule has 196 valence electrons. The number of aliphatic hydroxyl groups excluding tert-OH is 1. The number of aliphatic hydroxyl groups is 1. The summed E-state index contributed by atoms with van der Waals surface area (Å²) >= 11 is 0. The number of hydrogen-bond acceptors (Lipinski definition) is 5. The summed E-state index contributed by atoms with van der Waals surface area (Å²) in [5.41, 5.74) is 2.52. The second kappa shape index (κ2) is 12.7. The van der Waals surface area contributed by atoms with Crippen molar-refractivity contribution >= 4 is 17.6 Å². The Bertz CT molecular complexity index is 1010. The van der Waals surface area contributed by atoms with Gasteiger partial charge in [-0.05, 0) is 51.6 Å². The smallest absolute Gasteiger partial charge is 0.319 e. The number of hydrogen-bond donors (Lipinski definition) is 3. The first kappa shape index (κ1) is 27.5. The minimum absolute atomic E-state index is 0.00594. The quantitative estimate of drug-likeness (QED) is 0.520. The minimum Gasteiger partial charge on any atom is -0.488 e. The lowest BCUT2D eigenvalue weighted by atomic mass is 10.0. The summed E-state index contributed by atoms with van der Waals surface area (Å²) < 4.78 is 6.56. The maximum atomic E-state index is 13.3. The number of nitrogens with one attached hydrogen (secondary N) is 2. The number of carbonyl (C=O) groups excluding carboxylic acids is 2. The molecule has 2 aromatic carbocycles. The standard InChI is InChI=1S/C28H40N4O4/c1-19(2)29-28(35)30-24-11-12-25-23(13-24)14-27(34)32(21(4)18-33)15-20(3)26(36-25)17-31(5)16-22-9-7-6-8-10-22/h6-13,19-21,26,33H,14-18H2,1-5H3,(H2,29,30,35)/t20-,21+,26-/m0/s1. The molecule has 1 aliphatic rings. The van der Waals surface area contributed by atoms with Crippen LogP contribution in [0.2, 0.25) is 0 Å². The lowest BCUT2D eigenvalue weighted by molar-refractivity contribution is -0.134. The zero-order valence-electron chi connectivity index (χ0n) is 22.0. The van der Waals surface area contributed by atoms with Crippen molar-refractivity contribution < 1.29 is 19.4 Å². The fourth-order valence-corrected chi connectivity index (χ4v) is 4.42. The summed E-state index contributed by atoms with van der Waals surface area (Å²) in [6.45, 7) is 9.55. The van der Waals surface area contributed by atoms with E-state index in [0.29, 0.717) is 30.1 Å². The largest absolute Gasteiger partial charge is 0.488 e. The number of carbonyl (C=O) groups is 2. The van der Waals surface area contributed by atoms with Crippen LogP contribution in [-0.4, -0.2) is 71.8 Å². The molecule has 3 atom stereocenters. The van der Waals surface area contributed by atoms with Crippen LogP contribution in [0.4, 0.5) is 10.5 Å². The lowest BCUT2D eigenvalue weighted by Crippen LogP contribution is -2.47. The van der Waals surface area contributed by atoms with Crippen molar-refractivity contribution in [3.8, 4) is 5.75 Å². The van der Waals surface area contributed by atoms with Crippen LogP contribution in [0.5, 0.6) is 5.75 Å². The number of anilines is 1. The number of fused-ring (bicyclic) bond motifs is 1. The Kier molecular flexibility index (Phi) is 9.73. The van der Waals surface area contributed by atoms with Crippen LogP contribution in [0.25, 0.3) is 0 Å². The van der Waals surface area contributed by atoms with Gasteiger partial charge in [0.05, 0.1) is 19.1 Å². The Balaban J connectivity index is 1.87. The van der Waals surface area contributed by atoms with Crippen molar-refractivity contribution in [3.63, 3.8) is 0 Å². The molecule has 0 unspecified atom stereocenters. The van der Waals surface area contributed by atoms with E-state index in [1.54, 1.807) is 17.0 Å². The highest BCUT2D eigenvalue weighted by Crippen LogP contribution is 2.29. The van der Waals surface area contributed by atoms with E-state index in [0.717, 1.165) is 6.54 Å². The first-order valence-corrected chi connectivity index (χ1v) is 12.7. The lowest BCUT2D eigenvalue weighted by Gasteiger charge is -2.34. The summed E-state index contributed by atoms with van der Waals surface area (Å²) in [6.07, 6.45) is -0.0555. The third-order valence-corrected chi connectivity index (χ3v) is 6.38. The van der Waals surface area contributed by atoms with E-state index in [-0.39, 0.29) is 49.1 Å². The van der Waals surface area contributed by atoms with E-state index in [9.17, 15) is 14.7 Å². The zero-order chi connectivity index (χ0) is 26.2. The monoisotopic (exact) mass is 496 g/mol. The van der Waals surface area contributed by atoms with Gasteiger partial charge >= 0.3 is 6.03 Å². The highest BCUT2D eigenvalue weighted by molar-refractivity contribution is 5.90. The first-order valence-electron chi connectivity index (χ1n) is 12.7. The van der Waals surface area contributed by atoms with Crippen LogP contribution in [0.15, 0.2) is 48.5 Å². The van der Waals surface area contributed by atoms with Crippen LogP contribution in [-0.2, 0) is 17.8 Å². The van der Waals surface area contributed by atoms with Crippen molar-refractivity contribution in [2.24, 2.45) is 5.92 Å². The number of benzene rings is 2. The van der Waals surface area contributed by atoms with Gasteiger partial charge in [0.1, 0.15) is 11.9 Å². The van der Waals surface area contributed by atoms with Crippen molar-refractivity contribution in [2.75, 3.05) is 32.1 Å². The molecule has 0 bridgehead atoms. The normalized spacial score (nSPS) is 19.1. The molecule has 1 aliphatic heterocycles. The van der Waals surface area contributed by atoms with Crippen molar-refractivity contribution in [3.05, 3.63) is 59.7 Å². The third kappa shape index (κ3) is 7.70. The fraction of sp³-hybridized carbons (Fsp3) is 0.500. The van der Waals surface area contributed by atoms with Crippen LogP contribution < -0.4 is 15.4 Å². The third-order valence-electron chi connectivity index (χ3n) is 6.38. The molecule has 0 fully saturated rings. The topological polar surface area (TPSA) is 94.1 Å². The van der Waals surface area contributed by atoms with E-state index in [2.05, 4.69) is 41.6 Å². The van der Waals surface area contributed by atoms with Gasteiger partial charge < -0.3 is 25.4 Å². The Morgan fingerprint density at radius 2 is 1.92 bits per heavy atom. The molecule has 2 aromatic rings. The predicted octanol–water partition coefficient (Wildman–Crippen LogP) is 3.50. The SMILES string of the molecule is CC(C)NC(=O)Nc1ccc2c(c1)CC(=O)N([C@H](C)CO)C[C@H](C)[C@H](CN(C)Cc1ccccc1)O2. The van der Waals surface area contributed by atoms with E-state index in [1.807, 2.05) is 45.0 Å². The van der Waals surface area contributed by atoms with Gasteiger partial charge in [-0.2, -0.15) is 0 Å². The van der Waals surface area contributed by atoms with Crippen molar-refractivity contribution in [1.82, 2.24) is 15.1 Å². The maximum absolute atomic E-state index is 13.3. The van der Waals surface area contributed by atoms with Crippen molar-refractivity contribution in [2.45, 2.75) is 58.8 Å². The summed E-state index contributed by atoms with van der Waals surface area (Å²) in [7, 11) is 2.07. The Hall–Kier alpha value is -3.10. The molecule has 0 aromatic heterocycles. The van der Waals surface area contributed by atoms with E-state index in [4.69, 9.17) is 4.74 Å². The molecule has 8 heteroatoms. The average molecular weight is 497 g/mol. The fourth-order valence-electron chi connectivity index (χ4n) is 4.42. The summed E-state index contributed by atoms with van der Waals surface area (Å²) in [5.74, 6) is 0.596. The van der Waals surface area contributed by atoms with Gasteiger partial charge in [-0.25, -0.2) is 4.79 Å². The summed E-state index contributed by atoms with van der Waals surface area (Å²) in [4.78, 5) is 29.5. The van der Waals surface area contributed by atoms with E-state index in [1.165, 1.54) is 5.56 Å². The van der Waals surface area contributed by atoms with Gasteiger partial charge in [-0.15, -0.1) is 0 Å². The summed E-state index contributed by atoms with van der Waals surface area (Å²) in [5, 5.41) is 15.5. The highest BCUT2D eigenvalue weighted by Gasteiger charge is 2.31. The number of amides is 3. The Labute approximate surface area is 214 Å². The summed E-state index contributed by atoms with van der Waals surface area (Å²) in [6, 6.07) is 15.1. The molecule has 36 heavy (non-hydrogen) atoms. The first-order chi connectivity index (χ1) is 17.2. The number of ether oxygens (including phenoxy) is 1. The molecule has 3 rings (SSSR count). The van der Waals surface area contributed by atoms with Gasteiger partial charge in [0, 0.05) is 42.8 Å². The molecular formula is C28H40N4O4. The number of urea groups is 1. The van der Waals surface area contributed by atoms with Crippen LogP contribution in [0.1, 0.15) is 38.8 Å². The average Bonchev–Trinajstić information content (AvgIpc) is 2.86. The van der Waals surface area contributed by atoms with Crippen LogP contribution in [0, 0.1) is 5.92 Å². The van der Waals surface area contributed by atoms with Crippen molar-refractivity contribution in [1.29, 1.82) is 0 Å². The molecule has 0 saturated carbocycles. The molecule has 3 N–H and O–H groups in total. The second-order valence-corrected chi connectivity index (χ2v) is 10.1. The van der Waals surface area contributed by atoms with E-state index >= 15 is 0 Å². The molecule has 0 saturated heterocycles. The van der Waals surface area contributed by atoms with Gasteiger partial charge in [0.25, 0.3) is 0 Å². The molecule has 8 nitrogen and oxygen atoms in total. The van der Waals surface area contributed by atoms with Crippen LogP contribution >= 0.6 is 0 Å². The maximum Gasteiger partial charge on any atom is 0.319 e. The molecule has 3 amide bonds. The second-order valence-electron chi connectivity index (χ2n) is 10.1. The van der Waals surface area contributed by atoms with Gasteiger partial charge in [-0.1, -0.05) is 37.3 Å². The number of nitrogens with zero attached hydrogens (tertiary/aromatic N) is 2. The van der Waals surface area contributed by atoms with Crippen LogP contribution in [0.3, 0.4) is 0 Å². The molecule has 0 spiro atoms. The number of rotatable bonds is 8. The van der Waals surface area contributed by atoms with Gasteiger partial charge in [-0.3, -0.25) is 9.69 Å². The van der Waals surface area contributed by atoms with Gasteiger partial charge in [0.15, 0.2) is 0 Å². The predicted molar refractivity (Wildman–Crippen MR) is 142 cm³/mol.